The summed E-state index contributed by atoms with van der Waals surface area (Å²) in [5.74, 6) is 2.13. The first kappa shape index (κ1) is 33.5. The third-order valence-electron chi connectivity index (χ3n) is 7.86. The molecule has 0 aromatic rings. The van der Waals surface area contributed by atoms with Crippen molar-refractivity contribution >= 4 is 15.2 Å². The van der Waals surface area contributed by atoms with Gasteiger partial charge in [0.1, 0.15) is 0 Å². The van der Waals surface area contributed by atoms with Crippen LogP contribution in [0.2, 0.25) is 10.6 Å². The van der Waals surface area contributed by atoms with Crippen LogP contribution in [0.1, 0.15) is 182 Å². The van der Waals surface area contributed by atoms with Crippen molar-refractivity contribution in [1.82, 2.24) is 0 Å². The molecule has 0 aromatic carbocycles. The second kappa shape index (κ2) is 28.8. The molecule has 0 amide bonds. The second-order valence-corrected chi connectivity index (χ2v) is 12.8. The minimum atomic E-state index is 0.692. The van der Waals surface area contributed by atoms with Gasteiger partial charge in [0.2, 0.25) is 0 Å². The van der Waals surface area contributed by atoms with Crippen LogP contribution in [-0.2, 0) is 0 Å². The van der Waals surface area contributed by atoms with Gasteiger partial charge >= 0.3 is 219 Å². The van der Waals surface area contributed by atoms with E-state index in [9.17, 15) is 0 Å². The molecule has 0 aliphatic carbocycles. The molecule has 0 rings (SSSR count). The summed E-state index contributed by atoms with van der Waals surface area (Å²) in [4.78, 5) is 0. The molecular formula is C32H66Al+. The molecule has 2 atom stereocenters. The van der Waals surface area contributed by atoms with E-state index in [1.165, 1.54) is 128 Å². The van der Waals surface area contributed by atoms with Gasteiger partial charge in [0.15, 0.2) is 0 Å². The Hall–Kier alpha value is 0.532. The minimum absolute atomic E-state index is 0.692. The van der Waals surface area contributed by atoms with Crippen LogP contribution in [-0.4, -0.2) is 15.2 Å². The van der Waals surface area contributed by atoms with E-state index in [1.807, 2.05) is 0 Å². The van der Waals surface area contributed by atoms with E-state index in [0.717, 1.165) is 11.8 Å². The normalized spacial score (nSPS) is 13.2. The monoisotopic (exact) mass is 477 g/mol. The quantitative estimate of drug-likeness (QED) is 0.0776. The van der Waals surface area contributed by atoms with Gasteiger partial charge in [-0.1, -0.05) is 0 Å². The third kappa shape index (κ3) is 25.4. The Morgan fingerprint density at radius 2 is 0.576 bits per heavy atom. The van der Waals surface area contributed by atoms with E-state index >= 15 is 0 Å². The molecule has 196 valence electrons. The van der Waals surface area contributed by atoms with Gasteiger partial charge in [-0.2, -0.15) is 0 Å². The Kier molecular flexibility index (Phi) is 29.2. The standard InChI is InChI=1S/2C16H33.Al/c2*1-4-6-8-10-11-13-15-16(3)14-12-9-7-5-2;/h2*16H,3-15H2,1-2H3;/q;;+1. The molecule has 0 nitrogen and oxygen atoms in total. The Balaban J connectivity index is 4.31. The first-order valence-corrected chi connectivity index (χ1v) is 17.7. The van der Waals surface area contributed by atoms with E-state index in [4.69, 9.17) is 0 Å². The van der Waals surface area contributed by atoms with Crippen LogP contribution in [0.3, 0.4) is 0 Å². The van der Waals surface area contributed by atoms with Crippen molar-refractivity contribution in [2.45, 2.75) is 192 Å². The molecule has 2 unspecified atom stereocenters. The molecule has 0 aliphatic heterocycles. The summed E-state index contributed by atoms with van der Waals surface area (Å²) in [7, 11) is 0. The predicted molar refractivity (Wildman–Crippen MR) is 156 cm³/mol. The molecule has 0 saturated heterocycles. The number of hydrogen-bond donors (Lipinski definition) is 0. The van der Waals surface area contributed by atoms with Crippen LogP contribution in [0, 0.1) is 11.8 Å². The van der Waals surface area contributed by atoms with Crippen molar-refractivity contribution in [1.29, 1.82) is 0 Å². The van der Waals surface area contributed by atoms with Crippen molar-refractivity contribution in [3.8, 4) is 0 Å². The molecule has 0 aliphatic rings. The van der Waals surface area contributed by atoms with E-state index in [0.29, 0.717) is 15.2 Å². The van der Waals surface area contributed by atoms with Crippen LogP contribution in [0.15, 0.2) is 0 Å². The molecule has 33 heavy (non-hydrogen) atoms. The Bertz CT molecular complexity index is 307. The number of unbranched alkanes of at least 4 members (excludes halogenated alkanes) is 16. The van der Waals surface area contributed by atoms with Crippen molar-refractivity contribution in [2.24, 2.45) is 11.8 Å². The van der Waals surface area contributed by atoms with Gasteiger partial charge < -0.3 is 0 Å². The number of hydrogen-bond acceptors (Lipinski definition) is 0. The van der Waals surface area contributed by atoms with Crippen LogP contribution in [0.4, 0.5) is 0 Å². The maximum absolute atomic E-state index is 2.35. The first-order chi connectivity index (χ1) is 16.3. The summed E-state index contributed by atoms with van der Waals surface area (Å²) in [6.07, 6.45) is 35.4. The number of rotatable bonds is 28. The summed E-state index contributed by atoms with van der Waals surface area (Å²) in [5.41, 5.74) is 0. The molecule has 0 heterocycles. The summed E-state index contributed by atoms with van der Waals surface area (Å²) >= 11 is 0.692. The Morgan fingerprint density at radius 3 is 0.879 bits per heavy atom. The Morgan fingerprint density at radius 1 is 0.333 bits per heavy atom. The predicted octanol–water partition coefficient (Wildman–Crippen LogP) is 12.2. The summed E-state index contributed by atoms with van der Waals surface area (Å²) in [5, 5.41) is 3.23. The van der Waals surface area contributed by atoms with E-state index < -0.39 is 0 Å². The average molecular weight is 478 g/mol. The molecule has 0 radical (unpaired) electrons. The summed E-state index contributed by atoms with van der Waals surface area (Å²) < 4.78 is 0. The van der Waals surface area contributed by atoms with Crippen LogP contribution in [0.5, 0.6) is 0 Å². The SMILES string of the molecule is CCCCCCCCC(CCCCCC)[CH2][Al+][CH2]C(CCCCCC)CCCCCCCC. The molecule has 1 heteroatoms. The van der Waals surface area contributed by atoms with E-state index in [1.54, 1.807) is 36.2 Å². The van der Waals surface area contributed by atoms with Gasteiger partial charge in [-0.25, -0.2) is 0 Å². The van der Waals surface area contributed by atoms with Crippen molar-refractivity contribution < 1.29 is 0 Å². The average Bonchev–Trinajstić information content (AvgIpc) is 2.82. The van der Waals surface area contributed by atoms with Gasteiger partial charge in [-0.15, -0.1) is 0 Å². The van der Waals surface area contributed by atoms with Gasteiger partial charge in [-0.05, 0) is 0 Å². The zero-order chi connectivity index (χ0) is 24.2. The second-order valence-electron chi connectivity index (χ2n) is 11.3. The van der Waals surface area contributed by atoms with Crippen LogP contribution >= 0.6 is 0 Å². The fourth-order valence-corrected chi connectivity index (χ4v) is 7.55. The molecule has 0 N–H and O–H groups in total. The fourth-order valence-electron chi connectivity index (χ4n) is 5.47. The molecule has 0 spiro atoms. The molecular weight excluding hydrogens is 411 g/mol. The molecule has 0 aromatic heterocycles. The third-order valence-corrected chi connectivity index (χ3v) is 9.86. The molecule has 0 bridgehead atoms. The van der Waals surface area contributed by atoms with Gasteiger partial charge in [0, 0.05) is 0 Å². The van der Waals surface area contributed by atoms with Crippen molar-refractivity contribution in [3.63, 3.8) is 0 Å². The first-order valence-electron chi connectivity index (χ1n) is 16.1. The Labute approximate surface area is 219 Å². The van der Waals surface area contributed by atoms with Crippen LogP contribution < -0.4 is 0 Å². The molecule has 0 saturated carbocycles. The fraction of sp³-hybridized carbons (Fsp3) is 1.00. The maximum atomic E-state index is 2.35. The summed E-state index contributed by atoms with van der Waals surface area (Å²) in [6, 6.07) is 0. The zero-order valence-corrected chi connectivity index (χ0v) is 25.3. The van der Waals surface area contributed by atoms with Gasteiger partial charge in [0.05, 0.1) is 0 Å². The molecule has 0 fully saturated rings. The van der Waals surface area contributed by atoms with Crippen LogP contribution in [0.25, 0.3) is 0 Å². The van der Waals surface area contributed by atoms with Crippen molar-refractivity contribution in [3.05, 3.63) is 0 Å². The van der Waals surface area contributed by atoms with E-state index in [2.05, 4.69) is 27.7 Å². The van der Waals surface area contributed by atoms with E-state index in [-0.39, 0.29) is 0 Å². The van der Waals surface area contributed by atoms with Gasteiger partial charge in [0.25, 0.3) is 0 Å². The van der Waals surface area contributed by atoms with Gasteiger partial charge in [-0.3, -0.25) is 0 Å². The summed E-state index contributed by atoms with van der Waals surface area (Å²) in [6.45, 7) is 9.36. The topological polar surface area (TPSA) is 0 Å². The van der Waals surface area contributed by atoms with Crippen molar-refractivity contribution in [2.75, 3.05) is 0 Å². The zero-order valence-electron chi connectivity index (χ0n) is 24.1.